The third-order valence-corrected chi connectivity index (χ3v) is 2.65. The van der Waals surface area contributed by atoms with E-state index in [1.165, 1.54) is 0 Å². The lowest BCUT2D eigenvalue weighted by Crippen LogP contribution is -2.17. The predicted octanol–water partition coefficient (Wildman–Crippen LogP) is 1.14. The molecule has 0 saturated heterocycles. The number of anilines is 1. The van der Waals surface area contributed by atoms with Gasteiger partial charge in [-0.2, -0.15) is 0 Å². The molecule has 15 heavy (non-hydrogen) atoms. The van der Waals surface area contributed by atoms with Gasteiger partial charge in [0.1, 0.15) is 0 Å². The van der Waals surface area contributed by atoms with E-state index in [4.69, 9.17) is 5.73 Å². The molecule has 2 N–H and O–H groups in total. The first kappa shape index (κ1) is 12.3. The van der Waals surface area contributed by atoms with Crippen LogP contribution < -0.4 is 11.2 Å². The van der Waals surface area contributed by atoms with Gasteiger partial charge in [-0.1, -0.05) is 0 Å². The Balaban J connectivity index is 2.67. The second kappa shape index (κ2) is 5.32. The number of aryl methyl sites for hydroxylation is 1. The van der Waals surface area contributed by atoms with E-state index in [9.17, 15) is 4.79 Å². The minimum absolute atomic E-state index is 0.140. The molecule has 1 aromatic heterocycles. The molecule has 0 aliphatic rings. The molecule has 5 heteroatoms. The number of aromatic nitrogens is 1. The van der Waals surface area contributed by atoms with Crippen LogP contribution in [0.5, 0.6) is 0 Å². The number of nitrogens with zero attached hydrogens (tertiary/aromatic N) is 2. The second-order valence-electron chi connectivity index (χ2n) is 3.79. The summed E-state index contributed by atoms with van der Waals surface area (Å²) in [5, 5.41) is 0. The Labute approximate surface area is 97.8 Å². The molecule has 0 saturated carbocycles. The summed E-state index contributed by atoms with van der Waals surface area (Å²) in [6.07, 6.45) is 4.48. The maximum absolute atomic E-state index is 11.3. The monoisotopic (exact) mass is 273 g/mol. The van der Waals surface area contributed by atoms with Gasteiger partial charge in [-0.3, -0.25) is 4.79 Å². The van der Waals surface area contributed by atoms with Crippen LogP contribution in [0.15, 0.2) is 21.7 Å². The molecule has 1 heterocycles. The van der Waals surface area contributed by atoms with Crippen LogP contribution in [-0.4, -0.2) is 30.1 Å². The van der Waals surface area contributed by atoms with Crippen LogP contribution in [0.2, 0.25) is 0 Å². The Morgan fingerprint density at radius 2 is 2.13 bits per heavy atom. The van der Waals surface area contributed by atoms with Crippen molar-refractivity contribution in [2.45, 2.75) is 13.0 Å². The van der Waals surface area contributed by atoms with Gasteiger partial charge in [-0.25, -0.2) is 0 Å². The van der Waals surface area contributed by atoms with E-state index in [2.05, 4.69) is 20.8 Å². The molecule has 0 radical (unpaired) electrons. The van der Waals surface area contributed by atoms with Crippen molar-refractivity contribution in [2.75, 3.05) is 26.4 Å². The molecule has 0 atom stereocenters. The second-order valence-corrected chi connectivity index (χ2v) is 4.64. The number of rotatable bonds is 4. The standard InChI is InChI=1S/C10H16BrN3O/c1-13(2)4-3-5-14-6-8(11)10(15)9(12)7-14/h6-7H,3-5,12H2,1-2H3. The van der Waals surface area contributed by atoms with E-state index in [1.54, 1.807) is 12.4 Å². The van der Waals surface area contributed by atoms with Crippen LogP contribution in [0.3, 0.4) is 0 Å². The Bertz CT molecular complexity index is 360. The van der Waals surface area contributed by atoms with E-state index >= 15 is 0 Å². The van der Waals surface area contributed by atoms with Gasteiger partial charge in [-0.05, 0) is 43.0 Å². The zero-order valence-corrected chi connectivity index (χ0v) is 10.6. The fourth-order valence-corrected chi connectivity index (χ4v) is 1.81. The fourth-order valence-electron chi connectivity index (χ4n) is 1.32. The molecule has 4 nitrogen and oxygen atoms in total. The maximum Gasteiger partial charge on any atom is 0.218 e. The van der Waals surface area contributed by atoms with Gasteiger partial charge >= 0.3 is 0 Å². The highest BCUT2D eigenvalue weighted by molar-refractivity contribution is 9.10. The molecule has 0 aliphatic carbocycles. The molecule has 1 rings (SSSR count). The van der Waals surface area contributed by atoms with Crippen LogP contribution in [0.4, 0.5) is 5.69 Å². The average molecular weight is 274 g/mol. The number of nitrogens with two attached hydrogens (primary N) is 1. The highest BCUT2D eigenvalue weighted by atomic mass is 79.9. The molecule has 0 amide bonds. The predicted molar refractivity (Wildman–Crippen MR) is 66.0 cm³/mol. The molecule has 0 aromatic carbocycles. The number of nitrogen functional groups attached to an aromatic ring is 1. The third-order valence-electron chi connectivity index (χ3n) is 2.08. The number of hydrogen-bond acceptors (Lipinski definition) is 3. The molecule has 0 unspecified atom stereocenters. The van der Waals surface area contributed by atoms with Gasteiger partial charge in [0.2, 0.25) is 5.43 Å². The SMILES string of the molecule is CN(C)CCCn1cc(N)c(=O)c(Br)c1. The lowest BCUT2D eigenvalue weighted by molar-refractivity contribution is 0.386. The van der Waals surface area contributed by atoms with E-state index < -0.39 is 0 Å². The summed E-state index contributed by atoms with van der Waals surface area (Å²) in [5.41, 5.74) is 5.73. The van der Waals surface area contributed by atoms with Crippen molar-refractivity contribution >= 4 is 21.6 Å². The number of hydrogen-bond donors (Lipinski definition) is 1. The van der Waals surface area contributed by atoms with Gasteiger partial charge in [0.05, 0.1) is 10.2 Å². The summed E-state index contributed by atoms with van der Waals surface area (Å²) in [6.45, 7) is 1.88. The summed E-state index contributed by atoms with van der Waals surface area (Å²) >= 11 is 3.19. The van der Waals surface area contributed by atoms with Crippen molar-refractivity contribution in [3.05, 3.63) is 27.1 Å². The highest BCUT2D eigenvalue weighted by Gasteiger charge is 2.01. The van der Waals surface area contributed by atoms with Gasteiger partial charge in [0, 0.05) is 18.9 Å². The quantitative estimate of drug-likeness (QED) is 0.896. The lowest BCUT2D eigenvalue weighted by atomic mass is 10.3. The number of pyridine rings is 1. The lowest BCUT2D eigenvalue weighted by Gasteiger charge is -2.11. The first-order chi connectivity index (χ1) is 7.00. The maximum atomic E-state index is 11.3. The van der Waals surface area contributed by atoms with Crippen molar-refractivity contribution in [2.24, 2.45) is 0 Å². The zero-order chi connectivity index (χ0) is 11.4. The summed E-state index contributed by atoms with van der Waals surface area (Å²) < 4.78 is 2.46. The van der Waals surface area contributed by atoms with Crippen LogP contribution in [0, 0.1) is 0 Å². The Kier molecular flexibility index (Phi) is 4.35. The van der Waals surface area contributed by atoms with Crippen LogP contribution >= 0.6 is 15.9 Å². The van der Waals surface area contributed by atoms with E-state index in [0.29, 0.717) is 4.47 Å². The Morgan fingerprint density at radius 3 is 2.67 bits per heavy atom. The molecule has 0 fully saturated rings. The molecule has 0 bridgehead atoms. The largest absolute Gasteiger partial charge is 0.394 e. The summed E-state index contributed by atoms with van der Waals surface area (Å²) in [4.78, 5) is 13.4. The van der Waals surface area contributed by atoms with E-state index in [1.807, 2.05) is 18.7 Å². The molecular weight excluding hydrogens is 258 g/mol. The Hall–Kier alpha value is -0.810. The van der Waals surface area contributed by atoms with Crippen molar-refractivity contribution in [3.63, 3.8) is 0 Å². The first-order valence-corrected chi connectivity index (χ1v) is 5.60. The smallest absolute Gasteiger partial charge is 0.218 e. The van der Waals surface area contributed by atoms with Crippen LogP contribution in [0.1, 0.15) is 6.42 Å². The molecule has 84 valence electrons. The summed E-state index contributed by atoms with van der Waals surface area (Å²) in [7, 11) is 4.07. The van der Waals surface area contributed by atoms with Crippen molar-refractivity contribution in [1.82, 2.24) is 9.47 Å². The van der Waals surface area contributed by atoms with Crippen molar-refractivity contribution < 1.29 is 0 Å². The van der Waals surface area contributed by atoms with Gasteiger partial charge in [-0.15, -0.1) is 0 Å². The van der Waals surface area contributed by atoms with E-state index in [-0.39, 0.29) is 11.1 Å². The zero-order valence-electron chi connectivity index (χ0n) is 9.03. The summed E-state index contributed by atoms with van der Waals surface area (Å²) in [6, 6.07) is 0. The molecule has 0 spiro atoms. The topological polar surface area (TPSA) is 51.3 Å². The van der Waals surface area contributed by atoms with Crippen LogP contribution in [0.25, 0.3) is 0 Å². The molecule has 1 aromatic rings. The molecular formula is C10H16BrN3O. The van der Waals surface area contributed by atoms with Gasteiger partial charge < -0.3 is 15.2 Å². The first-order valence-electron chi connectivity index (χ1n) is 4.80. The van der Waals surface area contributed by atoms with E-state index in [0.717, 1.165) is 19.5 Å². The van der Waals surface area contributed by atoms with Gasteiger partial charge in [0.15, 0.2) is 0 Å². The van der Waals surface area contributed by atoms with Crippen molar-refractivity contribution in [1.29, 1.82) is 0 Å². The van der Waals surface area contributed by atoms with Crippen molar-refractivity contribution in [3.8, 4) is 0 Å². The third kappa shape index (κ3) is 3.68. The molecule has 0 aliphatic heterocycles. The van der Waals surface area contributed by atoms with Crippen LogP contribution in [-0.2, 0) is 6.54 Å². The Morgan fingerprint density at radius 1 is 1.47 bits per heavy atom. The highest BCUT2D eigenvalue weighted by Crippen LogP contribution is 2.06. The minimum Gasteiger partial charge on any atom is -0.394 e. The normalized spacial score (nSPS) is 10.9. The minimum atomic E-state index is -0.140. The average Bonchev–Trinajstić information content (AvgIpc) is 2.13. The summed E-state index contributed by atoms with van der Waals surface area (Å²) in [5.74, 6) is 0. The fraction of sp³-hybridized carbons (Fsp3) is 0.500. The van der Waals surface area contributed by atoms with Gasteiger partial charge in [0.25, 0.3) is 0 Å². The number of halogens is 1.